The first-order valence-electron chi connectivity index (χ1n) is 33.7. The number of aromatic nitrogens is 2. The van der Waals surface area contributed by atoms with Crippen LogP contribution in [0, 0.1) is 13.8 Å². The van der Waals surface area contributed by atoms with E-state index < -0.39 is 0 Å². The molecule has 98 heavy (non-hydrogen) atoms. The van der Waals surface area contributed by atoms with Gasteiger partial charge in [0.25, 0.3) is 0 Å². The zero-order chi connectivity index (χ0) is 64.4. The van der Waals surface area contributed by atoms with Crippen LogP contribution in [0.4, 0.5) is 34.1 Å². The molecule has 0 amide bonds. The summed E-state index contributed by atoms with van der Waals surface area (Å²) in [6.07, 6.45) is 0. The van der Waals surface area contributed by atoms with Gasteiger partial charge in [0.15, 0.2) is 11.2 Å². The smallest absolute Gasteiger partial charge is 0.159 e. The number of furan rings is 2. The van der Waals surface area contributed by atoms with E-state index in [0.717, 1.165) is 111 Å². The van der Waals surface area contributed by atoms with Crippen LogP contribution in [0.5, 0.6) is 0 Å². The molecule has 0 aliphatic rings. The van der Waals surface area contributed by atoms with E-state index in [2.05, 4.69) is 348 Å². The van der Waals surface area contributed by atoms with Gasteiger partial charge in [-0.15, -0.1) is 0 Å². The Labute approximate surface area is 563 Å². The van der Waals surface area contributed by atoms with Crippen LogP contribution >= 0.6 is 0 Å². The molecule has 458 valence electrons. The summed E-state index contributed by atoms with van der Waals surface area (Å²) >= 11 is 0. The number of hydrogen-bond donors (Lipinski definition) is 0. The maximum atomic E-state index is 7.21. The average Bonchev–Trinajstić information content (AvgIpc) is 0.969. The molecule has 0 bridgehead atoms. The SMILES string of the molecule is Cc1ccccc1-c1cccc2c1oc1c(N(c3ccccc3)c3ccc4c(c3)c3cccc5c6c(-c7ccccc7)c7c(c(-c8ccccc8)c6n4c35)c3cccc4c5cc(N(c6ccccc6)c6cccc8c6oc6c(-c9ccccc9C)cccc68)ccc5n7c43)cccc12. The summed E-state index contributed by atoms with van der Waals surface area (Å²) in [6, 6.07) is 115. The van der Waals surface area contributed by atoms with Gasteiger partial charge in [0.1, 0.15) is 11.2 Å². The molecular formula is C92H58N4O2. The van der Waals surface area contributed by atoms with E-state index >= 15 is 0 Å². The standard InChI is InChI=1S/C92H58N4O2/c1-55-25-15-17-35-63(55)67-39-21-41-69-71-43-23-47-79(91(71)97-89(67)69)93(59-31-11-5-12-32-59)61-49-51-77-75(53-61)65-37-19-45-73-83-82(58-29-9-4-10-30-58)88-84(81(57-27-7-3-8-28-57)87(83)95(77)85(65)73)74-46-20-38-66-76-54-62(50-52-78(76)96(88)86(66)74)94(60-33-13-6-14-34-60)80-48-24-44-72-70-42-22-40-68(90(70)98-92(72)80)64-36-18-16-26-56(64)2/h3-54H,1-2H3. The second-order valence-electron chi connectivity index (χ2n) is 26.3. The van der Waals surface area contributed by atoms with Gasteiger partial charge in [-0.05, 0) is 120 Å². The van der Waals surface area contributed by atoms with Crippen LogP contribution in [-0.4, -0.2) is 8.80 Å². The highest BCUT2D eigenvalue weighted by Gasteiger charge is 2.32. The molecule has 15 aromatic carbocycles. The largest absolute Gasteiger partial charge is 0.453 e. The van der Waals surface area contributed by atoms with Crippen LogP contribution in [-0.2, 0) is 0 Å². The van der Waals surface area contributed by atoms with Gasteiger partial charge in [-0.1, -0.05) is 243 Å². The highest BCUT2D eigenvalue weighted by atomic mass is 16.3. The molecular weight excluding hydrogens is 1190 g/mol. The Bertz CT molecular complexity index is 6410. The number of hydrogen-bond acceptors (Lipinski definition) is 4. The second kappa shape index (κ2) is 20.8. The zero-order valence-corrected chi connectivity index (χ0v) is 53.6. The maximum absolute atomic E-state index is 7.21. The highest BCUT2D eigenvalue weighted by Crippen LogP contribution is 2.56. The quantitative estimate of drug-likeness (QED) is 0.137. The minimum absolute atomic E-state index is 0.842. The number of anilines is 6. The van der Waals surface area contributed by atoms with E-state index in [0.29, 0.717) is 0 Å². The maximum Gasteiger partial charge on any atom is 0.159 e. The third-order valence-corrected chi connectivity index (χ3v) is 21.0. The van der Waals surface area contributed by atoms with Crippen molar-refractivity contribution in [3.05, 3.63) is 327 Å². The Balaban J connectivity index is 0.815. The molecule has 0 N–H and O–H groups in total. The first-order valence-corrected chi connectivity index (χ1v) is 33.7. The van der Waals surface area contributed by atoms with Gasteiger partial charge in [-0.25, -0.2) is 0 Å². The molecule has 0 aliphatic carbocycles. The summed E-state index contributed by atoms with van der Waals surface area (Å²) in [6.45, 7) is 4.35. The first kappa shape index (κ1) is 54.5. The van der Waals surface area contributed by atoms with Crippen LogP contribution in [0.15, 0.2) is 324 Å². The van der Waals surface area contributed by atoms with Crippen molar-refractivity contribution < 1.29 is 8.83 Å². The third-order valence-electron chi connectivity index (χ3n) is 21.0. The number of rotatable bonds is 10. The molecule has 6 heteroatoms. The lowest BCUT2D eigenvalue weighted by Crippen LogP contribution is -2.10. The van der Waals surface area contributed by atoms with E-state index in [9.17, 15) is 0 Å². The molecule has 0 atom stereocenters. The van der Waals surface area contributed by atoms with Gasteiger partial charge in [-0.2, -0.15) is 0 Å². The molecule has 6 aromatic heterocycles. The summed E-state index contributed by atoms with van der Waals surface area (Å²) in [5, 5.41) is 14.0. The third kappa shape index (κ3) is 7.62. The molecule has 0 unspecified atom stereocenters. The predicted octanol–water partition coefficient (Wildman–Crippen LogP) is 26.0. The monoisotopic (exact) mass is 1250 g/mol. The van der Waals surface area contributed by atoms with Gasteiger partial charge >= 0.3 is 0 Å². The lowest BCUT2D eigenvalue weighted by atomic mass is 9.89. The molecule has 21 aromatic rings. The predicted molar refractivity (Wildman–Crippen MR) is 411 cm³/mol. The normalized spacial score (nSPS) is 12.2. The first-order chi connectivity index (χ1) is 48.5. The van der Waals surface area contributed by atoms with Gasteiger partial charge < -0.3 is 27.4 Å². The summed E-state index contributed by atoms with van der Waals surface area (Å²) in [5.74, 6) is 0. The molecule has 0 saturated heterocycles. The van der Waals surface area contributed by atoms with Crippen molar-refractivity contribution >= 4 is 154 Å². The number of benzene rings is 15. The topological polar surface area (TPSA) is 41.6 Å². The van der Waals surface area contributed by atoms with E-state index in [4.69, 9.17) is 8.83 Å². The second-order valence-corrected chi connectivity index (χ2v) is 26.3. The summed E-state index contributed by atoms with van der Waals surface area (Å²) in [7, 11) is 0. The van der Waals surface area contributed by atoms with Crippen molar-refractivity contribution in [2.45, 2.75) is 13.8 Å². The zero-order valence-electron chi connectivity index (χ0n) is 53.6. The van der Waals surface area contributed by atoms with E-state index in [1.54, 1.807) is 0 Å². The van der Waals surface area contributed by atoms with E-state index in [1.165, 1.54) is 98.5 Å². The van der Waals surface area contributed by atoms with E-state index in [1.807, 2.05) is 0 Å². The van der Waals surface area contributed by atoms with Crippen molar-refractivity contribution in [3.63, 3.8) is 0 Å². The molecule has 0 saturated carbocycles. The number of aryl methyl sites for hydroxylation is 2. The van der Waals surface area contributed by atoms with Crippen molar-refractivity contribution in [3.8, 4) is 44.5 Å². The molecule has 0 aliphatic heterocycles. The Morgan fingerprint density at radius 1 is 0.245 bits per heavy atom. The lowest BCUT2D eigenvalue weighted by molar-refractivity contribution is 0.670. The molecule has 0 spiro atoms. The Hall–Kier alpha value is -12.9. The van der Waals surface area contributed by atoms with Crippen LogP contribution < -0.4 is 9.80 Å². The lowest BCUT2D eigenvalue weighted by Gasteiger charge is -2.25. The summed E-state index contributed by atoms with van der Waals surface area (Å²) < 4.78 is 19.6. The molecule has 6 heterocycles. The van der Waals surface area contributed by atoms with Gasteiger partial charge in [0, 0.05) is 110 Å². The average molecular weight is 1250 g/mol. The van der Waals surface area contributed by atoms with Gasteiger partial charge in [0.2, 0.25) is 0 Å². The molecule has 6 nitrogen and oxygen atoms in total. The molecule has 0 fully saturated rings. The molecule has 0 radical (unpaired) electrons. The van der Waals surface area contributed by atoms with Crippen molar-refractivity contribution in [1.29, 1.82) is 0 Å². The van der Waals surface area contributed by atoms with Crippen molar-refractivity contribution in [1.82, 2.24) is 8.80 Å². The van der Waals surface area contributed by atoms with Crippen LogP contribution in [0.3, 0.4) is 0 Å². The Kier molecular flexibility index (Phi) is 11.6. The van der Waals surface area contributed by atoms with Crippen LogP contribution in [0.2, 0.25) is 0 Å². The fraction of sp³-hybridized carbons (Fsp3) is 0.0217. The number of fused-ring (bicyclic) bond motifs is 18. The Morgan fingerprint density at radius 3 is 1.00 bits per heavy atom. The number of nitrogens with zero attached hydrogens (tertiary/aromatic N) is 4. The fourth-order valence-electron chi connectivity index (χ4n) is 16.9. The van der Waals surface area contributed by atoms with Gasteiger partial charge in [-0.3, -0.25) is 0 Å². The fourth-order valence-corrected chi connectivity index (χ4v) is 16.9. The summed E-state index contributed by atoms with van der Waals surface area (Å²) in [5.41, 5.74) is 28.3. The minimum atomic E-state index is 0.842. The van der Waals surface area contributed by atoms with Crippen molar-refractivity contribution in [2.24, 2.45) is 0 Å². The minimum Gasteiger partial charge on any atom is -0.453 e. The van der Waals surface area contributed by atoms with Gasteiger partial charge in [0.05, 0.1) is 44.5 Å². The van der Waals surface area contributed by atoms with Crippen LogP contribution in [0.25, 0.3) is 165 Å². The molecule has 21 rings (SSSR count). The number of para-hydroxylation sites is 8. The van der Waals surface area contributed by atoms with E-state index in [-0.39, 0.29) is 0 Å². The Morgan fingerprint density at radius 2 is 0.582 bits per heavy atom. The highest BCUT2D eigenvalue weighted by molar-refractivity contribution is 6.38. The van der Waals surface area contributed by atoms with Crippen molar-refractivity contribution in [2.75, 3.05) is 9.80 Å². The summed E-state index contributed by atoms with van der Waals surface area (Å²) in [4.78, 5) is 4.76. The van der Waals surface area contributed by atoms with Crippen LogP contribution in [0.1, 0.15) is 11.1 Å².